The van der Waals surface area contributed by atoms with Gasteiger partial charge in [-0.15, -0.1) is 0 Å². The highest BCUT2D eigenvalue weighted by Gasteiger charge is 2.17. The van der Waals surface area contributed by atoms with Crippen LogP contribution in [0.15, 0.2) is 12.2 Å². The third-order valence-corrected chi connectivity index (χ3v) is 6.29. The molecule has 124 valence electrons. The highest BCUT2D eigenvalue weighted by atomic mass is 28.3. The first-order chi connectivity index (χ1) is 10.1. The Morgan fingerprint density at radius 1 is 0.857 bits per heavy atom. The van der Waals surface area contributed by atoms with E-state index in [0.29, 0.717) is 6.04 Å². The summed E-state index contributed by atoms with van der Waals surface area (Å²) >= 11 is 0. The second-order valence-corrected chi connectivity index (χ2v) is 10.7. The Morgan fingerprint density at radius 2 is 1.24 bits per heavy atom. The number of rotatable bonds is 4. The Kier molecular flexibility index (Phi) is 10.4. The monoisotopic (exact) mass is 309 g/mol. The third kappa shape index (κ3) is 8.82. The SMILES string of the molecule is C=C(C[SiH](C)C)C(C)N1CCCCCCCCCCCC1. The molecule has 1 nitrogen and oxygen atoms in total. The lowest BCUT2D eigenvalue weighted by molar-refractivity contribution is 0.223. The molecule has 0 saturated carbocycles. The normalized spacial score (nSPS) is 22.1. The van der Waals surface area contributed by atoms with E-state index >= 15 is 0 Å². The molecule has 0 aliphatic carbocycles. The lowest BCUT2D eigenvalue weighted by Gasteiger charge is -2.31. The topological polar surface area (TPSA) is 3.24 Å². The summed E-state index contributed by atoms with van der Waals surface area (Å²) in [6.07, 6.45) is 14.4. The summed E-state index contributed by atoms with van der Waals surface area (Å²) in [4.78, 5) is 2.73. The van der Waals surface area contributed by atoms with Crippen LogP contribution in [0.3, 0.4) is 0 Å². The van der Waals surface area contributed by atoms with Crippen molar-refractivity contribution in [2.24, 2.45) is 0 Å². The Morgan fingerprint density at radius 3 is 1.62 bits per heavy atom. The van der Waals surface area contributed by atoms with Gasteiger partial charge >= 0.3 is 0 Å². The lowest BCUT2D eigenvalue weighted by Crippen LogP contribution is -2.36. The molecule has 1 rings (SSSR count). The van der Waals surface area contributed by atoms with E-state index in [0.717, 1.165) is 0 Å². The van der Waals surface area contributed by atoms with E-state index in [1.807, 2.05) is 0 Å². The summed E-state index contributed by atoms with van der Waals surface area (Å²) in [5, 5.41) is 0. The van der Waals surface area contributed by atoms with Gasteiger partial charge in [0.25, 0.3) is 0 Å². The van der Waals surface area contributed by atoms with Crippen LogP contribution in [0, 0.1) is 0 Å². The molecule has 21 heavy (non-hydrogen) atoms. The zero-order valence-corrected chi connectivity index (χ0v) is 16.2. The van der Waals surface area contributed by atoms with E-state index < -0.39 is 8.80 Å². The van der Waals surface area contributed by atoms with E-state index in [2.05, 4.69) is 31.5 Å². The number of nitrogens with zero attached hydrogens (tertiary/aromatic N) is 1. The van der Waals surface area contributed by atoms with Crippen LogP contribution in [-0.2, 0) is 0 Å². The maximum absolute atomic E-state index is 4.41. The van der Waals surface area contributed by atoms with Gasteiger partial charge in [-0.1, -0.05) is 76.6 Å². The molecular formula is C19H39NSi. The molecule has 1 saturated heterocycles. The summed E-state index contributed by atoms with van der Waals surface area (Å²) in [5.74, 6) is 0. The van der Waals surface area contributed by atoms with Gasteiger partial charge in [-0.2, -0.15) is 0 Å². The van der Waals surface area contributed by atoms with Gasteiger partial charge in [0, 0.05) is 14.8 Å². The second kappa shape index (κ2) is 11.5. The maximum atomic E-state index is 4.41. The molecule has 1 atom stereocenters. The summed E-state index contributed by atoms with van der Waals surface area (Å²) in [6.45, 7) is 14.3. The highest BCUT2D eigenvalue weighted by Crippen LogP contribution is 2.19. The fourth-order valence-corrected chi connectivity index (χ4v) is 4.89. The molecule has 0 aromatic heterocycles. The van der Waals surface area contributed by atoms with Crippen molar-refractivity contribution in [3.05, 3.63) is 12.2 Å². The van der Waals surface area contributed by atoms with Crippen LogP contribution >= 0.6 is 0 Å². The van der Waals surface area contributed by atoms with Crippen LogP contribution in [0.2, 0.25) is 19.1 Å². The van der Waals surface area contributed by atoms with E-state index in [1.54, 1.807) is 0 Å². The highest BCUT2D eigenvalue weighted by molar-refractivity contribution is 6.56. The van der Waals surface area contributed by atoms with Gasteiger partial charge in [-0.25, -0.2) is 0 Å². The Balaban J connectivity index is 2.47. The molecule has 1 unspecified atom stereocenters. The largest absolute Gasteiger partial charge is 0.297 e. The minimum absolute atomic E-state index is 0.520. The predicted octanol–water partition coefficient (Wildman–Crippen LogP) is 5.63. The molecule has 0 radical (unpaired) electrons. The van der Waals surface area contributed by atoms with Crippen molar-refractivity contribution in [3.8, 4) is 0 Å². The van der Waals surface area contributed by atoms with Crippen LogP contribution < -0.4 is 0 Å². The molecule has 0 aromatic rings. The van der Waals surface area contributed by atoms with Crippen molar-refractivity contribution in [2.45, 2.75) is 96.3 Å². The summed E-state index contributed by atoms with van der Waals surface area (Å²) in [6, 6.07) is 1.92. The Labute approximate surface area is 135 Å². The van der Waals surface area contributed by atoms with Gasteiger partial charge in [-0.05, 0) is 38.9 Å². The first-order valence-corrected chi connectivity index (χ1v) is 12.7. The van der Waals surface area contributed by atoms with Gasteiger partial charge in [0.1, 0.15) is 0 Å². The van der Waals surface area contributed by atoms with Crippen molar-refractivity contribution >= 4 is 8.80 Å². The van der Waals surface area contributed by atoms with Crippen LogP contribution in [0.25, 0.3) is 0 Å². The van der Waals surface area contributed by atoms with Gasteiger partial charge in [0.05, 0.1) is 0 Å². The van der Waals surface area contributed by atoms with Gasteiger partial charge < -0.3 is 0 Å². The first-order valence-electron chi connectivity index (χ1n) is 9.53. The molecule has 0 N–H and O–H groups in total. The van der Waals surface area contributed by atoms with Crippen LogP contribution in [0.5, 0.6) is 0 Å². The average Bonchev–Trinajstić information content (AvgIpc) is 2.46. The molecular weight excluding hydrogens is 270 g/mol. The van der Waals surface area contributed by atoms with E-state index in [9.17, 15) is 0 Å². The van der Waals surface area contributed by atoms with Gasteiger partial charge in [0.2, 0.25) is 0 Å². The van der Waals surface area contributed by atoms with Crippen molar-refractivity contribution in [1.82, 2.24) is 4.90 Å². The Hall–Kier alpha value is -0.0831. The maximum Gasteiger partial charge on any atom is 0.0348 e. The Bertz CT molecular complexity index is 261. The predicted molar refractivity (Wildman–Crippen MR) is 100 cm³/mol. The standard InChI is InChI=1S/C19H39NSi/c1-18(17-21(3)4)19(2)20-15-13-11-9-7-5-6-8-10-12-14-16-20/h19,21H,1,5-17H2,2-4H3. The van der Waals surface area contributed by atoms with Crippen molar-refractivity contribution in [3.63, 3.8) is 0 Å². The smallest absolute Gasteiger partial charge is 0.0348 e. The van der Waals surface area contributed by atoms with E-state index in [1.165, 1.54) is 88.9 Å². The fraction of sp³-hybridized carbons (Fsp3) is 0.895. The quantitative estimate of drug-likeness (QED) is 0.480. The zero-order chi connectivity index (χ0) is 15.5. The van der Waals surface area contributed by atoms with Crippen LogP contribution in [0.1, 0.15) is 71.1 Å². The van der Waals surface area contributed by atoms with Crippen molar-refractivity contribution in [2.75, 3.05) is 13.1 Å². The molecule has 0 bridgehead atoms. The summed E-state index contributed by atoms with van der Waals surface area (Å²) in [7, 11) is -0.520. The van der Waals surface area contributed by atoms with Crippen LogP contribution in [0.4, 0.5) is 0 Å². The van der Waals surface area contributed by atoms with Gasteiger partial charge in [0.15, 0.2) is 0 Å². The molecule has 1 fully saturated rings. The molecule has 0 aromatic carbocycles. The van der Waals surface area contributed by atoms with E-state index in [4.69, 9.17) is 0 Å². The molecule has 1 aliphatic heterocycles. The lowest BCUT2D eigenvalue weighted by atomic mass is 10.1. The van der Waals surface area contributed by atoms with Gasteiger partial charge in [-0.3, -0.25) is 4.90 Å². The van der Waals surface area contributed by atoms with Crippen LogP contribution in [-0.4, -0.2) is 32.8 Å². The molecule has 1 heterocycles. The van der Waals surface area contributed by atoms with Crippen molar-refractivity contribution in [1.29, 1.82) is 0 Å². The number of hydrogen-bond donors (Lipinski definition) is 0. The number of hydrogen-bond acceptors (Lipinski definition) is 1. The fourth-order valence-electron chi connectivity index (χ4n) is 3.50. The molecule has 2 heteroatoms. The summed E-state index contributed by atoms with van der Waals surface area (Å²) < 4.78 is 0. The molecule has 0 spiro atoms. The minimum Gasteiger partial charge on any atom is -0.297 e. The second-order valence-electron chi connectivity index (χ2n) is 7.50. The average molecular weight is 310 g/mol. The molecule has 0 amide bonds. The van der Waals surface area contributed by atoms with Crippen molar-refractivity contribution < 1.29 is 0 Å². The van der Waals surface area contributed by atoms with E-state index in [-0.39, 0.29) is 0 Å². The zero-order valence-electron chi connectivity index (χ0n) is 15.0. The summed E-state index contributed by atoms with van der Waals surface area (Å²) in [5.41, 5.74) is 1.50. The minimum atomic E-state index is -0.520. The third-order valence-electron chi connectivity index (χ3n) is 4.95. The first kappa shape index (κ1) is 19.0. The molecule has 1 aliphatic rings.